The van der Waals surface area contributed by atoms with Crippen molar-refractivity contribution in [3.63, 3.8) is 0 Å². The molecule has 3 rings (SSSR count). The Morgan fingerprint density at radius 1 is 1.05 bits per heavy atom. The number of carbonyl (C=O) groups excluding carboxylic acids is 1. The van der Waals surface area contributed by atoms with Crippen LogP contribution in [-0.4, -0.2) is 17.4 Å². The number of hydrogen-bond acceptors (Lipinski definition) is 1. The molecule has 1 aliphatic rings. The highest BCUT2D eigenvalue weighted by atomic mass is 16.2. The van der Waals surface area contributed by atoms with Crippen molar-refractivity contribution in [3.8, 4) is 0 Å². The Bertz CT molecular complexity index is 620. The summed E-state index contributed by atoms with van der Waals surface area (Å²) in [5.41, 5.74) is 3.84. The van der Waals surface area contributed by atoms with Crippen LogP contribution in [0.4, 0.5) is 0 Å². The Morgan fingerprint density at radius 3 is 2.48 bits per heavy atom. The molecule has 108 valence electrons. The summed E-state index contributed by atoms with van der Waals surface area (Å²) >= 11 is 0. The first-order valence-electron chi connectivity index (χ1n) is 7.61. The standard InChI is InChI=1S/C19H21NO/c1-15-7-5-6-10-18(15)17-11-12-20(19(21)13-17)14-16-8-3-2-4-9-16/h2-10,17H,11-14H2,1H3/t17-/m1/s1. The second-order valence-electron chi connectivity index (χ2n) is 5.85. The van der Waals surface area contributed by atoms with Gasteiger partial charge in [-0.15, -0.1) is 0 Å². The minimum absolute atomic E-state index is 0.276. The summed E-state index contributed by atoms with van der Waals surface area (Å²) in [6.07, 6.45) is 1.70. The predicted molar refractivity (Wildman–Crippen MR) is 85.0 cm³/mol. The molecule has 1 aliphatic heterocycles. The third-order valence-corrected chi connectivity index (χ3v) is 4.37. The van der Waals surface area contributed by atoms with Gasteiger partial charge in [0.2, 0.25) is 5.91 Å². The van der Waals surface area contributed by atoms with Crippen molar-refractivity contribution in [2.45, 2.75) is 32.2 Å². The highest BCUT2D eigenvalue weighted by Gasteiger charge is 2.27. The van der Waals surface area contributed by atoms with E-state index in [0.717, 1.165) is 19.5 Å². The maximum atomic E-state index is 12.4. The van der Waals surface area contributed by atoms with E-state index in [9.17, 15) is 4.79 Å². The molecule has 2 aromatic carbocycles. The number of piperidine rings is 1. The average Bonchev–Trinajstić information content (AvgIpc) is 2.51. The lowest BCUT2D eigenvalue weighted by molar-refractivity contribution is -0.134. The molecule has 0 aromatic heterocycles. The third kappa shape index (κ3) is 3.15. The predicted octanol–water partition coefficient (Wildman–Crippen LogP) is 3.90. The summed E-state index contributed by atoms with van der Waals surface area (Å²) in [5.74, 6) is 0.657. The molecule has 1 fully saturated rings. The molecule has 2 nitrogen and oxygen atoms in total. The number of likely N-dealkylation sites (tertiary alicyclic amines) is 1. The van der Waals surface area contributed by atoms with Gasteiger partial charge in [0.15, 0.2) is 0 Å². The molecule has 2 aromatic rings. The normalized spacial score (nSPS) is 18.8. The first kappa shape index (κ1) is 13.9. The summed E-state index contributed by atoms with van der Waals surface area (Å²) in [5, 5.41) is 0. The van der Waals surface area contributed by atoms with Gasteiger partial charge >= 0.3 is 0 Å². The lowest BCUT2D eigenvalue weighted by atomic mass is 9.86. The molecular formula is C19H21NO. The number of benzene rings is 2. The van der Waals surface area contributed by atoms with E-state index in [-0.39, 0.29) is 5.91 Å². The number of hydrogen-bond donors (Lipinski definition) is 0. The minimum Gasteiger partial charge on any atom is -0.338 e. The summed E-state index contributed by atoms with van der Waals surface area (Å²) in [7, 11) is 0. The van der Waals surface area contributed by atoms with E-state index >= 15 is 0 Å². The summed E-state index contributed by atoms with van der Waals surface area (Å²) in [4.78, 5) is 14.4. The molecule has 0 bridgehead atoms. The summed E-state index contributed by atoms with van der Waals surface area (Å²) in [6.45, 7) is 3.73. The van der Waals surface area contributed by atoms with Crippen LogP contribution in [0, 0.1) is 6.92 Å². The molecule has 1 saturated heterocycles. The van der Waals surface area contributed by atoms with Gasteiger partial charge in [-0.2, -0.15) is 0 Å². The van der Waals surface area contributed by atoms with E-state index in [1.54, 1.807) is 0 Å². The summed E-state index contributed by atoms with van der Waals surface area (Å²) in [6, 6.07) is 18.7. The maximum absolute atomic E-state index is 12.4. The van der Waals surface area contributed by atoms with Crippen molar-refractivity contribution >= 4 is 5.91 Å². The Morgan fingerprint density at radius 2 is 1.76 bits per heavy atom. The molecule has 0 radical (unpaired) electrons. The van der Waals surface area contributed by atoms with Gasteiger partial charge in [0.1, 0.15) is 0 Å². The smallest absolute Gasteiger partial charge is 0.223 e. The van der Waals surface area contributed by atoms with Crippen LogP contribution in [0.15, 0.2) is 54.6 Å². The van der Waals surface area contributed by atoms with Crippen LogP contribution >= 0.6 is 0 Å². The van der Waals surface area contributed by atoms with Crippen molar-refractivity contribution in [1.82, 2.24) is 4.90 Å². The van der Waals surface area contributed by atoms with Gasteiger partial charge in [0.25, 0.3) is 0 Å². The van der Waals surface area contributed by atoms with Gasteiger partial charge in [0.05, 0.1) is 0 Å². The zero-order valence-electron chi connectivity index (χ0n) is 12.5. The van der Waals surface area contributed by atoms with Crippen molar-refractivity contribution in [2.24, 2.45) is 0 Å². The van der Waals surface area contributed by atoms with Gasteiger partial charge in [-0.05, 0) is 36.0 Å². The second-order valence-corrected chi connectivity index (χ2v) is 5.85. The van der Waals surface area contributed by atoms with Crippen LogP contribution in [0.3, 0.4) is 0 Å². The zero-order chi connectivity index (χ0) is 14.7. The van der Waals surface area contributed by atoms with E-state index < -0.39 is 0 Å². The van der Waals surface area contributed by atoms with E-state index in [4.69, 9.17) is 0 Å². The number of nitrogens with zero attached hydrogens (tertiary/aromatic N) is 1. The first-order chi connectivity index (χ1) is 10.2. The largest absolute Gasteiger partial charge is 0.338 e. The molecule has 0 spiro atoms. The number of aryl methyl sites for hydroxylation is 1. The number of rotatable bonds is 3. The average molecular weight is 279 g/mol. The van der Waals surface area contributed by atoms with Crippen LogP contribution in [0.25, 0.3) is 0 Å². The molecule has 2 heteroatoms. The zero-order valence-corrected chi connectivity index (χ0v) is 12.5. The van der Waals surface area contributed by atoms with Gasteiger partial charge in [0, 0.05) is 19.5 Å². The summed E-state index contributed by atoms with van der Waals surface area (Å²) < 4.78 is 0. The molecule has 0 unspecified atom stereocenters. The van der Waals surface area contributed by atoms with Crippen LogP contribution in [0.5, 0.6) is 0 Å². The van der Waals surface area contributed by atoms with E-state index in [1.165, 1.54) is 16.7 Å². The number of amides is 1. The molecule has 1 atom stereocenters. The van der Waals surface area contributed by atoms with Gasteiger partial charge in [-0.1, -0.05) is 54.6 Å². The molecule has 1 heterocycles. The van der Waals surface area contributed by atoms with E-state index in [2.05, 4.69) is 43.3 Å². The highest BCUT2D eigenvalue weighted by molar-refractivity contribution is 5.78. The minimum atomic E-state index is 0.276. The molecule has 1 amide bonds. The Kier molecular flexibility index (Phi) is 4.05. The molecule has 21 heavy (non-hydrogen) atoms. The van der Waals surface area contributed by atoms with Crippen LogP contribution in [0.2, 0.25) is 0 Å². The fourth-order valence-electron chi connectivity index (χ4n) is 3.16. The lowest BCUT2D eigenvalue weighted by Crippen LogP contribution is -2.37. The van der Waals surface area contributed by atoms with Crippen molar-refractivity contribution in [1.29, 1.82) is 0 Å². The van der Waals surface area contributed by atoms with E-state index in [0.29, 0.717) is 12.3 Å². The first-order valence-corrected chi connectivity index (χ1v) is 7.61. The van der Waals surface area contributed by atoms with Crippen molar-refractivity contribution in [2.75, 3.05) is 6.54 Å². The molecule has 0 N–H and O–H groups in total. The third-order valence-electron chi connectivity index (χ3n) is 4.37. The monoisotopic (exact) mass is 279 g/mol. The van der Waals surface area contributed by atoms with Gasteiger partial charge in [-0.3, -0.25) is 4.79 Å². The maximum Gasteiger partial charge on any atom is 0.223 e. The van der Waals surface area contributed by atoms with Crippen molar-refractivity contribution in [3.05, 3.63) is 71.3 Å². The SMILES string of the molecule is Cc1ccccc1[C@@H]1CCN(Cc2ccccc2)C(=O)C1. The molecule has 0 aliphatic carbocycles. The van der Waals surface area contributed by atoms with E-state index in [1.807, 2.05) is 23.1 Å². The van der Waals surface area contributed by atoms with Crippen LogP contribution in [-0.2, 0) is 11.3 Å². The quantitative estimate of drug-likeness (QED) is 0.834. The second kappa shape index (κ2) is 6.13. The molecular weight excluding hydrogens is 258 g/mol. The fraction of sp³-hybridized carbons (Fsp3) is 0.316. The fourth-order valence-corrected chi connectivity index (χ4v) is 3.16. The van der Waals surface area contributed by atoms with Gasteiger partial charge in [-0.25, -0.2) is 0 Å². The Hall–Kier alpha value is -2.09. The highest BCUT2D eigenvalue weighted by Crippen LogP contribution is 2.31. The van der Waals surface area contributed by atoms with Crippen LogP contribution < -0.4 is 0 Å². The van der Waals surface area contributed by atoms with Crippen LogP contribution in [0.1, 0.15) is 35.4 Å². The Labute approximate surface area is 126 Å². The molecule has 0 saturated carbocycles. The topological polar surface area (TPSA) is 20.3 Å². The lowest BCUT2D eigenvalue weighted by Gasteiger charge is -2.32. The Balaban J connectivity index is 1.67. The van der Waals surface area contributed by atoms with Gasteiger partial charge < -0.3 is 4.90 Å². The number of carbonyl (C=O) groups is 1. The van der Waals surface area contributed by atoms with Crippen molar-refractivity contribution < 1.29 is 4.79 Å².